The van der Waals surface area contributed by atoms with Crippen LogP contribution in [0.2, 0.25) is 0 Å². The first kappa shape index (κ1) is 10.5. The van der Waals surface area contributed by atoms with Crippen molar-refractivity contribution in [3.63, 3.8) is 0 Å². The highest BCUT2D eigenvalue weighted by molar-refractivity contribution is 9.10. The van der Waals surface area contributed by atoms with Crippen molar-refractivity contribution >= 4 is 43.7 Å². The summed E-state index contributed by atoms with van der Waals surface area (Å²) in [5.74, 6) is 0.00959. The van der Waals surface area contributed by atoms with Crippen LogP contribution in [0.25, 0.3) is 21.9 Å². The van der Waals surface area contributed by atoms with Crippen LogP contribution in [0.3, 0.4) is 0 Å². The molecule has 0 fully saturated rings. The molecule has 0 aliphatic carbocycles. The topological polar surface area (TPSA) is 30.2 Å². The zero-order chi connectivity index (χ0) is 12.0. The summed E-state index contributed by atoms with van der Waals surface area (Å²) in [6, 6.07) is 11.6. The van der Waals surface area contributed by atoms with E-state index in [9.17, 15) is 4.79 Å². The van der Waals surface area contributed by atoms with E-state index in [0.717, 1.165) is 20.8 Å². The van der Waals surface area contributed by atoms with Crippen molar-refractivity contribution in [1.82, 2.24) is 0 Å². The van der Waals surface area contributed by atoms with E-state index in [2.05, 4.69) is 15.9 Å². The van der Waals surface area contributed by atoms with Gasteiger partial charge in [-0.1, -0.05) is 34.1 Å². The third-order valence-electron chi connectivity index (χ3n) is 2.82. The van der Waals surface area contributed by atoms with Crippen molar-refractivity contribution in [2.24, 2.45) is 0 Å². The van der Waals surface area contributed by atoms with Crippen molar-refractivity contribution in [2.75, 3.05) is 0 Å². The second-order valence-corrected chi connectivity index (χ2v) is 4.90. The Labute approximate surface area is 106 Å². The molecule has 0 aliphatic heterocycles. The molecular weight excluding hydrogens is 280 g/mol. The van der Waals surface area contributed by atoms with Gasteiger partial charge in [0.1, 0.15) is 11.2 Å². The second kappa shape index (κ2) is 3.70. The smallest absolute Gasteiger partial charge is 0.163 e. The van der Waals surface area contributed by atoms with Gasteiger partial charge in [-0.2, -0.15) is 0 Å². The number of hydrogen-bond donors (Lipinski definition) is 0. The highest BCUT2D eigenvalue weighted by Gasteiger charge is 2.14. The fourth-order valence-corrected chi connectivity index (χ4v) is 2.51. The van der Waals surface area contributed by atoms with Gasteiger partial charge in [-0.05, 0) is 25.1 Å². The molecule has 1 heterocycles. The quantitative estimate of drug-likeness (QED) is 0.615. The number of fused-ring (bicyclic) bond motifs is 3. The summed E-state index contributed by atoms with van der Waals surface area (Å²) in [6.45, 7) is 1.55. The van der Waals surface area contributed by atoms with Crippen molar-refractivity contribution in [3.8, 4) is 0 Å². The van der Waals surface area contributed by atoms with Crippen LogP contribution in [-0.2, 0) is 0 Å². The number of ketones is 1. The third-order valence-corrected chi connectivity index (χ3v) is 3.28. The van der Waals surface area contributed by atoms with Crippen LogP contribution in [-0.4, -0.2) is 5.78 Å². The summed E-state index contributed by atoms with van der Waals surface area (Å²) in [4.78, 5) is 11.6. The number of Topliss-reactive ketones (excluding diaryl/α,β-unsaturated/α-hetero) is 1. The van der Waals surface area contributed by atoms with Gasteiger partial charge in [0, 0.05) is 15.2 Å². The number of rotatable bonds is 1. The largest absolute Gasteiger partial charge is 0.455 e. The maximum Gasteiger partial charge on any atom is 0.163 e. The van der Waals surface area contributed by atoms with Gasteiger partial charge in [0.2, 0.25) is 0 Å². The SMILES string of the molecule is CC(=O)c1cc(Br)cc2c1oc1ccccc12. The summed E-state index contributed by atoms with van der Waals surface area (Å²) in [7, 11) is 0. The van der Waals surface area contributed by atoms with Gasteiger partial charge in [-0.3, -0.25) is 4.79 Å². The van der Waals surface area contributed by atoms with E-state index in [0.29, 0.717) is 11.1 Å². The number of carbonyl (C=O) groups excluding carboxylic acids is 1. The van der Waals surface area contributed by atoms with E-state index in [1.54, 1.807) is 13.0 Å². The van der Waals surface area contributed by atoms with Crippen LogP contribution >= 0.6 is 15.9 Å². The Kier molecular flexibility index (Phi) is 2.30. The van der Waals surface area contributed by atoms with E-state index < -0.39 is 0 Å². The normalized spacial score (nSPS) is 11.2. The molecule has 0 saturated carbocycles. The first-order valence-electron chi connectivity index (χ1n) is 5.28. The highest BCUT2D eigenvalue weighted by Crippen LogP contribution is 2.33. The van der Waals surface area contributed by atoms with Gasteiger partial charge >= 0.3 is 0 Å². The number of carbonyl (C=O) groups is 1. The highest BCUT2D eigenvalue weighted by atomic mass is 79.9. The third kappa shape index (κ3) is 1.58. The molecule has 0 saturated heterocycles. The summed E-state index contributed by atoms with van der Waals surface area (Å²) >= 11 is 3.43. The average molecular weight is 289 g/mol. The molecule has 17 heavy (non-hydrogen) atoms. The monoisotopic (exact) mass is 288 g/mol. The minimum atomic E-state index is 0.00959. The number of halogens is 1. The molecule has 0 atom stereocenters. The van der Waals surface area contributed by atoms with Crippen LogP contribution < -0.4 is 0 Å². The standard InChI is InChI=1S/C14H9BrO2/c1-8(16)11-6-9(15)7-12-10-4-2-3-5-13(10)17-14(11)12/h2-7H,1H3. The van der Waals surface area contributed by atoms with Crippen LogP contribution in [0.5, 0.6) is 0 Å². The van der Waals surface area contributed by atoms with Gasteiger partial charge in [0.25, 0.3) is 0 Å². The molecule has 0 bridgehead atoms. The molecule has 0 aliphatic rings. The van der Waals surface area contributed by atoms with Crippen molar-refractivity contribution < 1.29 is 9.21 Å². The Bertz CT molecular complexity index is 740. The summed E-state index contributed by atoms with van der Waals surface area (Å²) in [6.07, 6.45) is 0. The molecule has 0 unspecified atom stereocenters. The van der Waals surface area contributed by atoms with Gasteiger partial charge in [-0.15, -0.1) is 0 Å². The molecular formula is C14H9BrO2. The lowest BCUT2D eigenvalue weighted by molar-refractivity contribution is 0.101. The summed E-state index contributed by atoms with van der Waals surface area (Å²) in [5, 5.41) is 2.01. The number of para-hydroxylation sites is 1. The second-order valence-electron chi connectivity index (χ2n) is 3.98. The molecule has 0 spiro atoms. The average Bonchev–Trinajstić information content (AvgIpc) is 2.66. The Morgan fingerprint density at radius 2 is 1.94 bits per heavy atom. The zero-order valence-electron chi connectivity index (χ0n) is 9.16. The lowest BCUT2D eigenvalue weighted by Gasteiger charge is -1.98. The zero-order valence-corrected chi connectivity index (χ0v) is 10.7. The van der Waals surface area contributed by atoms with E-state index in [1.165, 1.54) is 0 Å². The van der Waals surface area contributed by atoms with Crippen molar-refractivity contribution in [2.45, 2.75) is 6.92 Å². The van der Waals surface area contributed by atoms with Gasteiger partial charge in [0.15, 0.2) is 5.78 Å². The summed E-state index contributed by atoms with van der Waals surface area (Å²) in [5.41, 5.74) is 2.09. The van der Waals surface area contributed by atoms with Gasteiger partial charge < -0.3 is 4.42 Å². The number of hydrogen-bond acceptors (Lipinski definition) is 2. The molecule has 3 aromatic rings. The Balaban J connectivity index is 2.55. The predicted octanol–water partition coefficient (Wildman–Crippen LogP) is 4.55. The molecule has 84 valence electrons. The van der Waals surface area contributed by atoms with Gasteiger partial charge in [-0.25, -0.2) is 0 Å². The van der Waals surface area contributed by atoms with Crippen LogP contribution in [0.15, 0.2) is 45.3 Å². The van der Waals surface area contributed by atoms with Crippen molar-refractivity contribution in [3.05, 3.63) is 46.4 Å². The lowest BCUT2D eigenvalue weighted by Crippen LogP contribution is -1.92. The molecule has 1 aromatic heterocycles. The molecule has 0 N–H and O–H groups in total. The maximum absolute atomic E-state index is 11.6. The molecule has 2 aromatic carbocycles. The fourth-order valence-electron chi connectivity index (χ4n) is 2.05. The fraction of sp³-hybridized carbons (Fsp3) is 0.0714. The minimum Gasteiger partial charge on any atom is -0.455 e. The number of furan rings is 1. The van der Waals surface area contributed by atoms with E-state index in [4.69, 9.17) is 4.42 Å². The first-order chi connectivity index (χ1) is 8.16. The molecule has 3 rings (SSSR count). The van der Waals surface area contributed by atoms with Gasteiger partial charge in [0.05, 0.1) is 5.56 Å². The predicted molar refractivity (Wildman–Crippen MR) is 71.4 cm³/mol. The molecule has 2 nitrogen and oxygen atoms in total. The Morgan fingerprint density at radius 3 is 2.71 bits per heavy atom. The van der Waals surface area contributed by atoms with Crippen LogP contribution in [0.1, 0.15) is 17.3 Å². The molecule has 0 amide bonds. The van der Waals surface area contributed by atoms with Crippen LogP contribution in [0.4, 0.5) is 0 Å². The molecule has 3 heteroatoms. The summed E-state index contributed by atoms with van der Waals surface area (Å²) < 4.78 is 6.65. The van der Waals surface area contributed by atoms with E-state index in [-0.39, 0.29) is 5.78 Å². The maximum atomic E-state index is 11.6. The number of benzene rings is 2. The Hall–Kier alpha value is -1.61. The Morgan fingerprint density at radius 1 is 1.18 bits per heavy atom. The minimum absolute atomic E-state index is 0.00959. The molecule has 0 radical (unpaired) electrons. The van der Waals surface area contributed by atoms with E-state index >= 15 is 0 Å². The van der Waals surface area contributed by atoms with Crippen LogP contribution in [0, 0.1) is 0 Å². The van der Waals surface area contributed by atoms with E-state index in [1.807, 2.05) is 30.3 Å². The lowest BCUT2D eigenvalue weighted by atomic mass is 10.1. The van der Waals surface area contributed by atoms with Crippen molar-refractivity contribution in [1.29, 1.82) is 0 Å². The first-order valence-corrected chi connectivity index (χ1v) is 6.08.